The van der Waals surface area contributed by atoms with E-state index >= 15 is 0 Å². The van der Waals surface area contributed by atoms with Crippen molar-refractivity contribution in [1.29, 1.82) is 0 Å². The Bertz CT molecular complexity index is 877. The molecule has 1 saturated heterocycles. The summed E-state index contributed by atoms with van der Waals surface area (Å²) in [5.74, 6) is 0.213. The van der Waals surface area contributed by atoms with Crippen LogP contribution in [0.2, 0.25) is 0 Å². The summed E-state index contributed by atoms with van der Waals surface area (Å²) in [5.41, 5.74) is 1.33. The summed E-state index contributed by atoms with van der Waals surface area (Å²) in [5, 5.41) is 7.12. The van der Waals surface area contributed by atoms with Crippen LogP contribution in [0, 0.1) is 11.8 Å². The van der Waals surface area contributed by atoms with Crippen molar-refractivity contribution in [2.45, 2.75) is 38.0 Å². The largest absolute Gasteiger partial charge is 0.497 e. The van der Waals surface area contributed by atoms with Gasteiger partial charge in [0.25, 0.3) is 0 Å². The minimum atomic E-state index is -5.08. The van der Waals surface area contributed by atoms with Crippen LogP contribution in [0.3, 0.4) is 0 Å². The number of methoxy groups -OCH3 is 1. The third kappa shape index (κ3) is 7.88. The molecular formula is C23H28F3N3O4. The summed E-state index contributed by atoms with van der Waals surface area (Å²) in [6, 6.07) is 10.3. The van der Waals surface area contributed by atoms with Crippen molar-refractivity contribution in [3.8, 4) is 5.75 Å². The Morgan fingerprint density at radius 1 is 1.15 bits per heavy atom. The normalized spacial score (nSPS) is 20.5. The van der Waals surface area contributed by atoms with Crippen molar-refractivity contribution in [3.63, 3.8) is 0 Å². The molecule has 2 aromatic rings. The summed E-state index contributed by atoms with van der Waals surface area (Å²) in [4.78, 5) is 20.1. The Balaban J connectivity index is 0.000000383. The van der Waals surface area contributed by atoms with Gasteiger partial charge in [-0.1, -0.05) is 12.1 Å². The fourth-order valence-electron chi connectivity index (χ4n) is 3.67. The highest BCUT2D eigenvalue weighted by Gasteiger charge is 2.38. The molecule has 2 aliphatic rings. The number of anilines is 1. The first kappa shape index (κ1) is 24.8. The number of carboxylic acids is 1. The van der Waals surface area contributed by atoms with Crippen molar-refractivity contribution in [3.05, 3.63) is 48.3 Å². The molecule has 1 aromatic heterocycles. The molecule has 10 heteroatoms. The summed E-state index contributed by atoms with van der Waals surface area (Å²) in [6.07, 6.45) is 3.57. The van der Waals surface area contributed by atoms with E-state index in [0.29, 0.717) is 12.0 Å². The number of nitrogens with zero attached hydrogens (tertiary/aromatic N) is 3. The maximum Gasteiger partial charge on any atom is 0.490 e. The topological polar surface area (TPSA) is 84.8 Å². The van der Waals surface area contributed by atoms with Crippen LogP contribution in [0.5, 0.6) is 5.75 Å². The molecule has 180 valence electrons. The van der Waals surface area contributed by atoms with Crippen molar-refractivity contribution in [2.75, 3.05) is 31.7 Å². The zero-order valence-corrected chi connectivity index (χ0v) is 18.4. The molecule has 1 aliphatic carbocycles. The van der Waals surface area contributed by atoms with Gasteiger partial charge in [-0.25, -0.2) is 14.8 Å². The molecule has 0 amide bonds. The van der Waals surface area contributed by atoms with Crippen LogP contribution in [0.4, 0.5) is 19.1 Å². The third-order valence-electron chi connectivity index (χ3n) is 5.64. The lowest BCUT2D eigenvalue weighted by atomic mass is 9.88. The van der Waals surface area contributed by atoms with Gasteiger partial charge in [-0.3, -0.25) is 0 Å². The second-order valence-corrected chi connectivity index (χ2v) is 8.21. The Morgan fingerprint density at radius 3 is 2.33 bits per heavy atom. The molecule has 0 spiro atoms. The van der Waals surface area contributed by atoms with Crippen LogP contribution in [0.1, 0.15) is 24.8 Å². The number of hydrogen-bond acceptors (Lipinski definition) is 6. The number of aliphatic carboxylic acids is 1. The predicted molar refractivity (Wildman–Crippen MR) is 115 cm³/mol. The number of carbonyl (C=O) groups is 1. The molecule has 2 heterocycles. The van der Waals surface area contributed by atoms with Crippen LogP contribution >= 0.6 is 0 Å². The minimum Gasteiger partial charge on any atom is -0.497 e. The first-order valence-electron chi connectivity index (χ1n) is 10.8. The zero-order valence-electron chi connectivity index (χ0n) is 18.4. The number of halogens is 3. The van der Waals surface area contributed by atoms with Crippen LogP contribution in [-0.4, -0.2) is 60.1 Å². The fraction of sp³-hybridized carbons (Fsp3) is 0.522. The highest BCUT2D eigenvalue weighted by molar-refractivity contribution is 5.73. The zero-order chi connectivity index (χ0) is 23.8. The van der Waals surface area contributed by atoms with Gasteiger partial charge in [0.1, 0.15) is 5.75 Å². The molecule has 0 radical (unpaired) electrons. The van der Waals surface area contributed by atoms with Crippen molar-refractivity contribution in [2.24, 2.45) is 11.8 Å². The number of aromatic nitrogens is 2. The Kier molecular flexibility index (Phi) is 8.49. The number of ether oxygens (including phenoxy) is 2. The summed E-state index contributed by atoms with van der Waals surface area (Å²) in [6.45, 7) is 2.81. The molecule has 1 aromatic carbocycles. The molecule has 7 nitrogen and oxygen atoms in total. The van der Waals surface area contributed by atoms with E-state index in [1.807, 2.05) is 30.6 Å². The quantitative estimate of drug-likeness (QED) is 0.659. The first-order valence-corrected chi connectivity index (χ1v) is 10.8. The summed E-state index contributed by atoms with van der Waals surface area (Å²) < 4.78 is 43.3. The summed E-state index contributed by atoms with van der Waals surface area (Å²) in [7, 11) is 1.70. The van der Waals surface area contributed by atoms with E-state index in [0.717, 1.165) is 50.2 Å². The van der Waals surface area contributed by atoms with Gasteiger partial charge >= 0.3 is 12.1 Å². The molecular weight excluding hydrogens is 439 g/mol. The van der Waals surface area contributed by atoms with E-state index in [1.165, 1.54) is 18.4 Å². The second-order valence-electron chi connectivity index (χ2n) is 8.21. The molecule has 2 atom stereocenters. The van der Waals surface area contributed by atoms with Gasteiger partial charge in [0.15, 0.2) is 0 Å². The van der Waals surface area contributed by atoms with Gasteiger partial charge in [-0.2, -0.15) is 13.2 Å². The number of rotatable bonds is 7. The number of alkyl halides is 3. The molecule has 1 saturated carbocycles. The fourth-order valence-corrected chi connectivity index (χ4v) is 3.67. The van der Waals surface area contributed by atoms with Gasteiger partial charge in [-0.05, 0) is 55.4 Å². The third-order valence-corrected chi connectivity index (χ3v) is 5.64. The Labute approximate surface area is 190 Å². The van der Waals surface area contributed by atoms with Gasteiger partial charge in [0.05, 0.1) is 13.2 Å². The predicted octanol–water partition coefficient (Wildman–Crippen LogP) is 3.98. The van der Waals surface area contributed by atoms with Crippen LogP contribution < -0.4 is 9.64 Å². The molecule has 4 rings (SSSR count). The molecule has 0 bridgehead atoms. The monoisotopic (exact) mass is 467 g/mol. The van der Waals surface area contributed by atoms with E-state index < -0.39 is 12.1 Å². The second kappa shape index (κ2) is 11.3. The van der Waals surface area contributed by atoms with E-state index in [-0.39, 0.29) is 0 Å². The average Bonchev–Trinajstić information content (AvgIpc) is 3.64. The van der Waals surface area contributed by atoms with Gasteiger partial charge in [-0.15, -0.1) is 0 Å². The van der Waals surface area contributed by atoms with E-state index in [4.69, 9.17) is 19.4 Å². The van der Waals surface area contributed by atoms with Crippen LogP contribution in [0.25, 0.3) is 0 Å². The van der Waals surface area contributed by atoms with Crippen molar-refractivity contribution in [1.82, 2.24) is 9.97 Å². The average molecular weight is 467 g/mol. The lowest BCUT2D eigenvalue weighted by Crippen LogP contribution is -2.46. The van der Waals surface area contributed by atoms with Gasteiger partial charge in [0.2, 0.25) is 5.95 Å². The highest BCUT2D eigenvalue weighted by Crippen LogP contribution is 2.32. The number of piperidine rings is 1. The van der Waals surface area contributed by atoms with Crippen molar-refractivity contribution < 1.29 is 32.5 Å². The maximum atomic E-state index is 10.6. The van der Waals surface area contributed by atoms with E-state index in [2.05, 4.69) is 27.0 Å². The van der Waals surface area contributed by atoms with Crippen molar-refractivity contribution >= 4 is 11.9 Å². The Hall–Kier alpha value is -2.88. The molecule has 0 unspecified atom stereocenters. The summed E-state index contributed by atoms with van der Waals surface area (Å²) >= 11 is 0. The van der Waals surface area contributed by atoms with E-state index in [9.17, 15) is 13.2 Å². The van der Waals surface area contributed by atoms with E-state index in [1.54, 1.807) is 7.11 Å². The number of carboxylic acid groups (broad SMARTS) is 1. The SMILES string of the molecule is COc1ccc(C[C@H]2CN(c3ncccn3)CC[C@H]2OCC2CC2)cc1.O=C(O)C(F)(F)F. The minimum absolute atomic E-state index is 0.317. The molecule has 33 heavy (non-hydrogen) atoms. The first-order chi connectivity index (χ1) is 15.8. The lowest BCUT2D eigenvalue weighted by molar-refractivity contribution is -0.192. The van der Waals surface area contributed by atoms with Crippen LogP contribution in [-0.2, 0) is 16.0 Å². The maximum absolute atomic E-state index is 10.6. The lowest BCUT2D eigenvalue weighted by Gasteiger charge is -2.38. The smallest absolute Gasteiger partial charge is 0.490 e. The van der Waals surface area contributed by atoms with Gasteiger partial charge < -0.3 is 19.5 Å². The Morgan fingerprint density at radius 2 is 1.79 bits per heavy atom. The molecule has 2 fully saturated rings. The molecule has 1 N–H and O–H groups in total. The van der Waals surface area contributed by atoms with Crippen LogP contribution in [0.15, 0.2) is 42.7 Å². The standard InChI is InChI=1S/C21H27N3O2.C2HF3O2/c1-25-19-7-5-16(6-8-19)13-18-14-24(21-22-10-2-11-23-21)12-9-20(18)26-15-17-3-4-17;3-2(4,5)1(6)7/h2,5-8,10-11,17-18,20H,3-4,9,12-15H2,1H3;(H,6,7)/t18-,20+;/m0./s1. The number of benzene rings is 1. The molecule has 1 aliphatic heterocycles. The highest BCUT2D eigenvalue weighted by atomic mass is 19.4. The number of hydrogen-bond donors (Lipinski definition) is 1. The van der Waals surface area contributed by atoms with Gasteiger partial charge in [0, 0.05) is 38.0 Å².